The molecular formula is C14H24N2O2S3. The Kier molecular flexibility index (Phi) is 6.55. The molecule has 1 aliphatic carbocycles. The summed E-state index contributed by atoms with van der Waals surface area (Å²) in [5, 5.41) is 3.44. The molecule has 0 spiro atoms. The van der Waals surface area contributed by atoms with Crippen LogP contribution in [0.5, 0.6) is 0 Å². The molecule has 2 N–H and O–H groups in total. The average molecular weight is 349 g/mol. The number of aryl methyl sites for hydroxylation is 1. The van der Waals surface area contributed by atoms with E-state index in [1.54, 1.807) is 17.8 Å². The summed E-state index contributed by atoms with van der Waals surface area (Å²) in [5.74, 6) is 1.08. The van der Waals surface area contributed by atoms with Gasteiger partial charge in [0, 0.05) is 24.0 Å². The third-order valence-electron chi connectivity index (χ3n) is 3.46. The molecule has 0 radical (unpaired) electrons. The van der Waals surface area contributed by atoms with Crippen LogP contribution in [0.25, 0.3) is 0 Å². The summed E-state index contributed by atoms with van der Waals surface area (Å²) in [6.45, 7) is 3.29. The van der Waals surface area contributed by atoms with Crippen LogP contribution in [0.1, 0.15) is 36.1 Å². The van der Waals surface area contributed by atoms with Crippen molar-refractivity contribution < 1.29 is 8.42 Å². The van der Waals surface area contributed by atoms with Gasteiger partial charge in [0.05, 0.1) is 0 Å². The lowest BCUT2D eigenvalue weighted by Gasteiger charge is -2.04. The average Bonchev–Trinajstić information content (AvgIpc) is 3.19. The van der Waals surface area contributed by atoms with E-state index in [4.69, 9.17) is 0 Å². The molecule has 21 heavy (non-hydrogen) atoms. The normalized spacial score (nSPS) is 15.5. The quantitative estimate of drug-likeness (QED) is 0.638. The Morgan fingerprint density at radius 3 is 2.81 bits per heavy atom. The maximum atomic E-state index is 12.3. The molecule has 1 saturated carbocycles. The first-order valence-corrected chi connectivity index (χ1v) is 11.0. The van der Waals surface area contributed by atoms with Gasteiger partial charge in [-0.25, -0.2) is 13.1 Å². The van der Waals surface area contributed by atoms with Gasteiger partial charge < -0.3 is 5.32 Å². The Morgan fingerprint density at radius 2 is 2.14 bits per heavy atom. The van der Waals surface area contributed by atoms with E-state index >= 15 is 0 Å². The zero-order valence-corrected chi connectivity index (χ0v) is 15.1. The summed E-state index contributed by atoms with van der Waals surface area (Å²) in [6, 6.07) is 2.43. The van der Waals surface area contributed by atoms with Crippen molar-refractivity contribution in [1.29, 1.82) is 0 Å². The van der Waals surface area contributed by atoms with Crippen LogP contribution in [-0.4, -0.2) is 33.0 Å². The molecule has 1 fully saturated rings. The molecule has 1 aromatic rings. The Bertz CT molecular complexity index is 551. The van der Waals surface area contributed by atoms with Crippen LogP contribution < -0.4 is 10.0 Å². The summed E-state index contributed by atoms with van der Waals surface area (Å²) in [4.78, 5) is 1.13. The molecule has 0 saturated heterocycles. The smallest absolute Gasteiger partial charge is 0.250 e. The number of thiophene rings is 1. The number of unbranched alkanes of at least 4 members (excludes halogenated alkanes) is 1. The topological polar surface area (TPSA) is 58.2 Å². The summed E-state index contributed by atoms with van der Waals surface area (Å²) < 4.78 is 27.7. The Morgan fingerprint density at radius 1 is 1.38 bits per heavy atom. The first kappa shape index (κ1) is 17.3. The molecule has 0 bridgehead atoms. The zero-order valence-electron chi connectivity index (χ0n) is 12.6. The van der Waals surface area contributed by atoms with Crippen molar-refractivity contribution in [3.63, 3.8) is 0 Å². The molecule has 0 amide bonds. The van der Waals surface area contributed by atoms with E-state index in [-0.39, 0.29) is 0 Å². The molecule has 0 unspecified atom stereocenters. The van der Waals surface area contributed by atoms with Gasteiger partial charge in [-0.15, -0.1) is 11.3 Å². The maximum Gasteiger partial charge on any atom is 0.250 e. The molecule has 1 aromatic heterocycles. The molecule has 1 aliphatic rings. The molecular weight excluding hydrogens is 324 g/mol. The Hall–Kier alpha value is -0.0800. The molecule has 0 aliphatic heterocycles. The monoisotopic (exact) mass is 348 g/mol. The standard InChI is InChI=1S/C14H24N2O2S3/c1-11-9-14(20-13(11)10-15-12-5-6-12)21(17,18)16-7-3-4-8-19-2/h9,12,15-16H,3-8,10H2,1-2H3. The second-order valence-corrected chi connectivity index (χ2v) is 9.54. The molecule has 2 rings (SSSR count). The molecule has 7 heteroatoms. The first-order chi connectivity index (χ1) is 10.0. The van der Waals surface area contributed by atoms with Gasteiger partial charge in [0.15, 0.2) is 0 Å². The number of nitrogens with one attached hydrogen (secondary N) is 2. The van der Waals surface area contributed by atoms with Crippen molar-refractivity contribution in [2.24, 2.45) is 0 Å². The predicted molar refractivity (Wildman–Crippen MR) is 91.7 cm³/mol. The SMILES string of the molecule is CSCCCCNS(=O)(=O)c1cc(C)c(CNC2CC2)s1. The highest BCUT2D eigenvalue weighted by atomic mass is 32.2. The van der Waals surface area contributed by atoms with Gasteiger partial charge in [0.1, 0.15) is 4.21 Å². The van der Waals surface area contributed by atoms with Crippen molar-refractivity contribution >= 4 is 33.1 Å². The summed E-state index contributed by atoms with van der Waals surface area (Å²) in [5.41, 5.74) is 1.07. The van der Waals surface area contributed by atoms with Crippen LogP contribution in [0.4, 0.5) is 0 Å². The number of rotatable bonds is 10. The van der Waals surface area contributed by atoms with Gasteiger partial charge >= 0.3 is 0 Å². The molecule has 0 aromatic carbocycles. The zero-order chi connectivity index (χ0) is 15.3. The van der Waals surface area contributed by atoms with Gasteiger partial charge in [0.25, 0.3) is 0 Å². The van der Waals surface area contributed by atoms with Crippen molar-refractivity contribution in [2.45, 2.75) is 49.4 Å². The molecule has 1 heterocycles. The van der Waals surface area contributed by atoms with Gasteiger partial charge in [-0.3, -0.25) is 0 Å². The van der Waals surface area contributed by atoms with Gasteiger partial charge in [0.2, 0.25) is 10.0 Å². The lowest BCUT2D eigenvalue weighted by molar-refractivity contribution is 0.580. The summed E-state index contributed by atoms with van der Waals surface area (Å²) >= 11 is 3.18. The minimum absolute atomic E-state index is 0.442. The van der Waals surface area contributed by atoms with Crippen LogP contribution in [0, 0.1) is 6.92 Å². The van der Waals surface area contributed by atoms with E-state index in [1.165, 1.54) is 24.2 Å². The number of sulfonamides is 1. The number of hydrogen-bond donors (Lipinski definition) is 2. The van der Waals surface area contributed by atoms with E-state index in [0.717, 1.165) is 35.6 Å². The summed E-state index contributed by atoms with van der Waals surface area (Å²) in [7, 11) is -3.34. The van der Waals surface area contributed by atoms with E-state index in [9.17, 15) is 8.42 Å². The van der Waals surface area contributed by atoms with Crippen LogP contribution in [0.15, 0.2) is 10.3 Å². The van der Waals surface area contributed by atoms with Crippen molar-refractivity contribution in [3.05, 3.63) is 16.5 Å². The maximum absolute atomic E-state index is 12.3. The fraction of sp³-hybridized carbons (Fsp3) is 0.714. The minimum Gasteiger partial charge on any atom is -0.309 e. The highest BCUT2D eigenvalue weighted by Crippen LogP contribution is 2.27. The molecule has 0 atom stereocenters. The van der Waals surface area contributed by atoms with Gasteiger partial charge in [-0.1, -0.05) is 0 Å². The Balaban J connectivity index is 1.87. The molecule has 4 nitrogen and oxygen atoms in total. The third kappa shape index (κ3) is 5.56. The van der Waals surface area contributed by atoms with Gasteiger partial charge in [-0.2, -0.15) is 11.8 Å². The first-order valence-electron chi connectivity index (χ1n) is 7.34. The van der Waals surface area contributed by atoms with E-state index in [2.05, 4.69) is 16.3 Å². The number of thioether (sulfide) groups is 1. The van der Waals surface area contributed by atoms with Crippen LogP contribution in [0.2, 0.25) is 0 Å². The minimum atomic E-state index is -3.34. The summed E-state index contributed by atoms with van der Waals surface area (Å²) in [6.07, 6.45) is 6.49. The Labute approximate surface area is 136 Å². The largest absolute Gasteiger partial charge is 0.309 e. The second-order valence-electron chi connectivity index (χ2n) is 5.42. The fourth-order valence-corrected chi connectivity index (χ4v) is 5.12. The van der Waals surface area contributed by atoms with Gasteiger partial charge in [-0.05, 0) is 56.2 Å². The van der Waals surface area contributed by atoms with Crippen molar-refractivity contribution in [1.82, 2.24) is 10.0 Å². The second kappa shape index (κ2) is 7.97. The fourth-order valence-electron chi connectivity index (χ4n) is 1.97. The van der Waals surface area contributed by atoms with Crippen LogP contribution in [-0.2, 0) is 16.6 Å². The van der Waals surface area contributed by atoms with E-state index in [1.807, 2.05) is 6.92 Å². The highest BCUT2D eigenvalue weighted by molar-refractivity contribution is 7.98. The van der Waals surface area contributed by atoms with E-state index < -0.39 is 10.0 Å². The van der Waals surface area contributed by atoms with E-state index in [0.29, 0.717) is 16.8 Å². The molecule has 120 valence electrons. The van der Waals surface area contributed by atoms with Crippen LogP contribution in [0.3, 0.4) is 0 Å². The highest BCUT2D eigenvalue weighted by Gasteiger charge is 2.22. The van der Waals surface area contributed by atoms with Crippen LogP contribution >= 0.6 is 23.1 Å². The lowest BCUT2D eigenvalue weighted by Crippen LogP contribution is -2.24. The predicted octanol–water partition coefficient (Wildman–Crippen LogP) is 2.73. The number of hydrogen-bond acceptors (Lipinski definition) is 5. The van der Waals surface area contributed by atoms with Crippen molar-refractivity contribution in [3.8, 4) is 0 Å². The lowest BCUT2D eigenvalue weighted by atomic mass is 10.3. The van der Waals surface area contributed by atoms with Crippen molar-refractivity contribution in [2.75, 3.05) is 18.6 Å². The third-order valence-corrected chi connectivity index (χ3v) is 7.33.